The highest BCUT2D eigenvalue weighted by molar-refractivity contribution is 7.84. The molecule has 0 spiro atoms. The molecule has 0 aromatic heterocycles. The van der Waals surface area contributed by atoms with E-state index in [0.717, 1.165) is 0 Å². The van der Waals surface area contributed by atoms with Gasteiger partial charge in [0.05, 0.1) is 12.0 Å². The molecular weight excluding hydrogens is 211 g/mol. The molecule has 13 heavy (non-hydrogen) atoms. The molecule has 1 saturated carbocycles. The number of hydrogen-bond acceptors (Lipinski definition) is 3. The highest BCUT2D eigenvalue weighted by Gasteiger charge is 2.54. The van der Waals surface area contributed by atoms with E-state index < -0.39 is 28.5 Å². The second-order valence-electron chi connectivity index (χ2n) is 3.05. The SMILES string of the molecule is NS(=O)(=O)OC1(CC(F)(F)F)CC1. The first-order chi connectivity index (χ1) is 5.62. The maximum absolute atomic E-state index is 11.9. The molecule has 0 atom stereocenters. The van der Waals surface area contributed by atoms with E-state index in [1.54, 1.807) is 0 Å². The van der Waals surface area contributed by atoms with Crippen molar-refractivity contribution in [3.05, 3.63) is 0 Å². The zero-order chi connectivity index (χ0) is 10.3. The molecule has 0 aromatic carbocycles. The maximum atomic E-state index is 11.9. The molecule has 78 valence electrons. The lowest BCUT2D eigenvalue weighted by molar-refractivity contribution is -0.154. The average Bonchev–Trinajstić information content (AvgIpc) is 2.36. The summed E-state index contributed by atoms with van der Waals surface area (Å²) in [6.07, 6.45) is -5.55. The van der Waals surface area contributed by atoms with Crippen LogP contribution in [0.25, 0.3) is 0 Å². The Balaban J connectivity index is 2.59. The molecule has 0 heterocycles. The number of hydrogen-bond donors (Lipinski definition) is 1. The first-order valence-electron chi connectivity index (χ1n) is 3.42. The Hall–Kier alpha value is -0.340. The molecule has 0 unspecified atom stereocenters. The average molecular weight is 219 g/mol. The van der Waals surface area contributed by atoms with Crippen molar-refractivity contribution in [3.63, 3.8) is 0 Å². The molecular formula is C5H8F3NO3S. The third-order valence-corrected chi connectivity index (χ3v) is 2.21. The van der Waals surface area contributed by atoms with E-state index in [4.69, 9.17) is 0 Å². The van der Waals surface area contributed by atoms with Crippen LogP contribution in [0.15, 0.2) is 0 Å². The molecule has 1 fully saturated rings. The number of nitrogens with two attached hydrogens (primary N) is 1. The molecule has 0 bridgehead atoms. The number of rotatable bonds is 3. The largest absolute Gasteiger partial charge is 0.391 e. The minimum absolute atomic E-state index is 0.0724. The summed E-state index contributed by atoms with van der Waals surface area (Å²) in [7, 11) is -4.29. The van der Waals surface area contributed by atoms with Gasteiger partial charge in [0.2, 0.25) is 0 Å². The molecule has 1 aliphatic rings. The highest BCUT2D eigenvalue weighted by atomic mass is 32.2. The first-order valence-corrected chi connectivity index (χ1v) is 4.89. The van der Waals surface area contributed by atoms with E-state index >= 15 is 0 Å². The molecule has 1 aliphatic carbocycles. The van der Waals surface area contributed by atoms with Gasteiger partial charge < -0.3 is 0 Å². The van der Waals surface area contributed by atoms with E-state index in [2.05, 4.69) is 9.32 Å². The minimum Gasteiger partial charge on any atom is -0.251 e. The first kappa shape index (κ1) is 10.7. The molecule has 8 heteroatoms. The van der Waals surface area contributed by atoms with Crippen molar-refractivity contribution in [3.8, 4) is 0 Å². The van der Waals surface area contributed by atoms with Crippen molar-refractivity contribution in [1.29, 1.82) is 0 Å². The van der Waals surface area contributed by atoms with E-state index in [9.17, 15) is 21.6 Å². The smallest absolute Gasteiger partial charge is 0.251 e. The van der Waals surface area contributed by atoms with Crippen LogP contribution in [0.4, 0.5) is 13.2 Å². The summed E-state index contributed by atoms with van der Waals surface area (Å²) in [5.41, 5.74) is -1.62. The van der Waals surface area contributed by atoms with Crippen LogP contribution in [0.1, 0.15) is 19.3 Å². The van der Waals surface area contributed by atoms with Gasteiger partial charge in [-0.1, -0.05) is 0 Å². The quantitative estimate of drug-likeness (QED) is 0.759. The van der Waals surface area contributed by atoms with Gasteiger partial charge in [-0.3, -0.25) is 4.18 Å². The normalized spacial score (nSPS) is 21.5. The highest BCUT2D eigenvalue weighted by Crippen LogP contribution is 2.48. The molecule has 4 nitrogen and oxygen atoms in total. The van der Waals surface area contributed by atoms with Gasteiger partial charge in [-0.05, 0) is 12.8 Å². The molecule has 0 radical (unpaired) electrons. The molecule has 0 saturated heterocycles. The third kappa shape index (κ3) is 3.92. The van der Waals surface area contributed by atoms with Crippen molar-refractivity contribution < 1.29 is 25.8 Å². The Morgan fingerprint density at radius 2 is 1.85 bits per heavy atom. The Morgan fingerprint density at radius 3 is 2.08 bits per heavy atom. The summed E-state index contributed by atoms with van der Waals surface area (Å²) < 4.78 is 60.4. The number of halogens is 3. The van der Waals surface area contributed by atoms with Crippen LogP contribution < -0.4 is 5.14 Å². The van der Waals surface area contributed by atoms with Crippen LogP contribution in [-0.2, 0) is 14.5 Å². The van der Waals surface area contributed by atoms with Gasteiger partial charge in [0, 0.05) is 0 Å². The zero-order valence-corrected chi connectivity index (χ0v) is 7.28. The molecule has 2 N–H and O–H groups in total. The van der Waals surface area contributed by atoms with Crippen LogP contribution in [0, 0.1) is 0 Å². The molecule has 0 amide bonds. The van der Waals surface area contributed by atoms with Crippen LogP contribution >= 0.6 is 0 Å². The fraction of sp³-hybridized carbons (Fsp3) is 1.00. The van der Waals surface area contributed by atoms with Gasteiger partial charge >= 0.3 is 16.5 Å². The second kappa shape index (κ2) is 2.82. The standard InChI is InChI=1S/C5H8F3NO3S/c6-5(7,8)3-4(1-2-4)12-13(9,10)11/h1-3H2,(H2,9,10,11). The lowest BCUT2D eigenvalue weighted by Crippen LogP contribution is -2.30. The van der Waals surface area contributed by atoms with Gasteiger partial charge in [0.1, 0.15) is 0 Å². The summed E-state index contributed by atoms with van der Waals surface area (Å²) in [6, 6.07) is 0. The van der Waals surface area contributed by atoms with Crippen LogP contribution in [0.3, 0.4) is 0 Å². The number of alkyl halides is 3. The summed E-state index contributed by atoms with van der Waals surface area (Å²) in [6.45, 7) is 0. The van der Waals surface area contributed by atoms with Crippen molar-refractivity contribution in [2.24, 2.45) is 5.14 Å². The van der Waals surface area contributed by atoms with Crippen molar-refractivity contribution >= 4 is 10.3 Å². The van der Waals surface area contributed by atoms with Gasteiger partial charge in [0.15, 0.2) is 0 Å². The van der Waals surface area contributed by atoms with Crippen molar-refractivity contribution in [1.82, 2.24) is 0 Å². The summed E-state index contributed by atoms with van der Waals surface area (Å²) in [4.78, 5) is 0. The Kier molecular flexibility index (Phi) is 2.33. The van der Waals surface area contributed by atoms with Crippen LogP contribution in [0.5, 0.6) is 0 Å². The predicted octanol–water partition coefficient (Wildman–Crippen LogP) is 0.692. The van der Waals surface area contributed by atoms with Crippen LogP contribution in [-0.4, -0.2) is 20.2 Å². The Bertz CT molecular complexity index is 293. The fourth-order valence-corrected chi connectivity index (χ4v) is 1.76. The molecule has 0 aliphatic heterocycles. The van der Waals surface area contributed by atoms with Crippen LogP contribution in [0.2, 0.25) is 0 Å². The lowest BCUT2D eigenvalue weighted by atomic mass is 10.2. The monoisotopic (exact) mass is 219 g/mol. The van der Waals surface area contributed by atoms with Gasteiger partial charge in [-0.25, -0.2) is 5.14 Å². The summed E-state index contributed by atoms with van der Waals surface area (Å²) in [5.74, 6) is 0. The zero-order valence-electron chi connectivity index (χ0n) is 6.47. The van der Waals surface area contributed by atoms with Crippen molar-refractivity contribution in [2.75, 3.05) is 0 Å². The summed E-state index contributed by atoms with van der Waals surface area (Å²) in [5, 5.41) is 4.46. The summed E-state index contributed by atoms with van der Waals surface area (Å²) >= 11 is 0. The minimum atomic E-state index is -4.43. The molecule has 1 rings (SSSR count). The Labute approximate surface area is 73.1 Å². The van der Waals surface area contributed by atoms with Gasteiger partial charge in [0.25, 0.3) is 0 Å². The van der Waals surface area contributed by atoms with E-state index in [0.29, 0.717) is 0 Å². The van der Waals surface area contributed by atoms with Gasteiger partial charge in [-0.2, -0.15) is 21.6 Å². The Morgan fingerprint density at radius 1 is 1.38 bits per heavy atom. The third-order valence-electron chi connectivity index (χ3n) is 1.62. The fourth-order valence-electron chi connectivity index (χ4n) is 1.04. The predicted molar refractivity (Wildman–Crippen MR) is 36.8 cm³/mol. The van der Waals surface area contributed by atoms with E-state index in [-0.39, 0.29) is 12.8 Å². The molecule has 0 aromatic rings. The topological polar surface area (TPSA) is 69.4 Å². The van der Waals surface area contributed by atoms with E-state index in [1.807, 2.05) is 0 Å². The lowest BCUT2D eigenvalue weighted by Gasteiger charge is -2.15. The van der Waals surface area contributed by atoms with Gasteiger partial charge in [-0.15, -0.1) is 0 Å². The maximum Gasteiger partial charge on any atom is 0.391 e. The van der Waals surface area contributed by atoms with E-state index in [1.165, 1.54) is 0 Å². The second-order valence-corrected chi connectivity index (χ2v) is 4.20. The van der Waals surface area contributed by atoms with Crippen molar-refractivity contribution in [2.45, 2.75) is 31.0 Å².